The maximum Gasteiger partial charge on any atom is 0.179 e. The third kappa shape index (κ3) is 2.01. The van der Waals surface area contributed by atoms with Gasteiger partial charge in [0.1, 0.15) is 4.90 Å². The van der Waals surface area contributed by atoms with Crippen LogP contribution in [0, 0.1) is 6.92 Å². The minimum absolute atomic E-state index is 0.121. The third-order valence-electron chi connectivity index (χ3n) is 1.86. The Balaban J connectivity index is 3.55. The Labute approximate surface area is 88.6 Å². The van der Waals surface area contributed by atoms with Crippen LogP contribution in [0.25, 0.3) is 0 Å². The van der Waals surface area contributed by atoms with Gasteiger partial charge in [-0.2, -0.15) is 0 Å². The number of aryl methyl sites for hydroxylation is 1. The van der Waals surface area contributed by atoms with Crippen molar-refractivity contribution in [3.05, 3.63) is 22.7 Å². The molecule has 0 aliphatic carbocycles. The lowest BCUT2D eigenvalue weighted by Gasteiger charge is -2.10. The fourth-order valence-electron chi connectivity index (χ4n) is 1.12. The molecule has 1 aromatic rings. The lowest BCUT2D eigenvalue weighted by molar-refractivity contribution is 0.403. The maximum absolute atomic E-state index is 11.3. The molecule has 0 aliphatic rings. The van der Waals surface area contributed by atoms with Gasteiger partial charge in [-0.1, -0.05) is 17.7 Å². The first kappa shape index (κ1) is 11.3. The Bertz CT molecular complexity index is 451. The Morgan fingerprint density at radius 1 is 1.36 bits per heavy atom. The molecule has 78 valence electrons. The predicted molar refractivity (Wildman–Crippen MR) is 55.9 cm³/mol. The molecule has 0 unspecified atom stereocenters. The van der Waals surface area contributed by atoms with Crippen molar-refractivity contribution in [3.8, 4) is 5.75 Å². The van der Waals surface area contributed by atoms with Crippen molar-refractivity contribution in [2.45, 2.75) is 11.8 Å². The van der Waals surface area contributed by atoms with Crippen LogP contribution in [-0.2, 0) is 9.84 Å². The highest BCUT2D eigenvalue weighted by atomic mass is 35.5. The average molecular weight is 235 g/mol. The number of ether oxygens (including phenoxy) is 1. The number of sulfone groups is 1. The molecule has 14 heavy (non-hydrogen) atoms. The second kappa shape index (κ2) is 3.79. The van der Waals surface area contributed by atoms with Crippen LogP contribution >= 0.6 is 11.6 Å². The van der Waals surface area contributed by atoms with E-state index in [0.717, 1.165) is 11.8 Å². The monoisotopic (exact) mass is 234 g/mol. The van der Waals surface area contributed by atoms with E-state index in [1.807, 2.05) is 0 Å². The summed E-state index contributed by atoms with van der Waals surface area (Å²) in [5, 5.41) is 0.343. The third-order valence-corrected chi connectivity index (χ3v) is 3.45. The Morgan fingerprint density at radius 2 is 1.93 bits per heavy atom. The Kier molecular flexibility index (Phi) is 3.07. The molecule has 0 aliphatic heterocycles. The molecule has 0 atom stereocenters. The number of rotatable bonds is 2. The number of halogens is 1. The first-order valence-electron chi connectivity index (χ1n) is 3.91. The van der Waals surface area contributed by atoms with Gasteiger partial charge in [-0.05, 0) is 18.6 Å². The summed E-state index contributed by atoms with van der Waals surface area (Å²) in [5.41, 5.74) is 0.788. The molecule has 0 radical (unpaired) electrons. The molecule has 0 spiro atoms. The van der Waals surface area contributed by atoms with Crippen LogP contribution in [0.1, 0.15) is 5.56 Å². The first-order chi connectivity index (χ1) is 6.38. The van der Waals surface area contributed by atoms with Crippen LogP contribution in [-0.4, -0.2) is 21.8 Å². The van der Waals surface area contributed by atoms with Crippen LogP contribution in [0.15, 0.2) is 17.0 Å². The average Bonchev–Trinajstić information content (AvgIpc) is 2.07. The minimum atomic E-state index is -3.29. The predicted octanol–water partition coefficient (Wildman–Crippen LogP) is 2.06. The normalized spacial score (nSPS) is 11.4. The Morgan fingerprint density at radius 3 is 2.36 bits per heavy atom. The van der Waals surface area contributed by atoms with Crippen molar-refractivity contribution in [1.82, 2.24) is 0 Å². The molecule has 0 fully saturated rings. The van der Waals surface area contributed by atoms with Gasteiger partial charge in [-0.3, -0.25) is 0 Å². The molecular formula is C9H11ClO3S. The number of methoxy groups -OCH3 is 1. The van der Waals surface area contributed by atoms with E-state index in [9.17, 15) is 8.42 Å². The molecule has 0 bridgehead atoms. The second-order valence-electron chi connectivity index (χ2n) is 3.00. The zero-order valence-corrected chi connectivity index (χ0v) is 9.74. The number of hydrogen-bond acceptors (Lipinski definition) is 3. The van der Waals surface area contributed by atoms with Crippen LogP contribution in [0.3, 0.4) is 0 Å². The minimum Gasteiger partial charge on any atom is -0.494 e. The number of hydrogen-bond donors (Lipinski definition) is 0. The van der Waals surface area contributed by atoms with E-state index in [1.54, 1.807) is 13.0 Å². The van der Waals surface area contributed by atoms with E-state index >= 15 is 0 Å². The fourth-order valence-corrected chi connectivity index (χ4v) is 2.25. The van der Waals surface area contributed by atoms with Crippen LogP contribution < -0.4 is 4.74 Å². The zero-order valence-electron chi connectivity index (χ0n) is 8.17. The quantitative estimate of drug-likeness (QED) is 0.787. The SMILES string of the molecule is COc1c(S(C)(=O)=O)ccc(C)c1Cl. The molecule has 0 saturated heterocycles. The summed E-state index contributed by atoms with van der Waals surface area (Å²) in [6, 6.07) is 3.15. The summed E-state index contributed by atoms with van der Waals surface area (Å²) in [4.78, 5) is 0.121. The molecule has 1 aromatic carbocycles. The highest BCUT2D eigenvalue weighted by Gasteiger charge is 2.17. The maximum atomic E-state index is 11.3. The molecule has 1 rings (SSSR count). The van der Waals surface area contributed by atoms with Gasteiger partial charge in [0.2, 0.25) is 0 Å². The van der Waals surface area contributed by atoms with Gasteiger partial charge in [0, 0.05) is 6.26 Å². The van der Waals surface area contributed by atoms with Crippen molar-refractivity contribution < 1.29 is 13.2 Å². The topological polar surface area (TPSA) is 43.4 Å². The fraction of sp³-hybridized carbons (Fsp3) is 0.333. The summed E-state index contributed by atoms with van der Waals surface area (Å²) in [5.74, 6) is 0.217. The summed E-state index contributed by atoms with van der Waals surface area (Å²) in [6.45, 7) is 1.79. The summed E-state index contributed by atoms with van der Waals surface area (Å²) in [7, 11) is -1.90. The van der Waals surface area contributed by atoms with E-state index in [4.69, 9.17) is 16.3 Å². The van der Waals surface area contributed by atoms with Crippen molar-refractivity contribution in [3.63, 3.8) is 0 Å². The first-order valence-corrected chi connectivity index (χ1v) is 6.18. The highest BCUT2D eigenvalue weighted by Crippen LogP contribution is 2.34. The highest BCUT2D eigenvalue weighted by molar-refractivity contribution is 7.90. The van der Waals surface area contributed by atoms with Crippen molar-refractivity contribution in [2.75, 3.05) is 13.4 Å². The van der Waals surface area contributed by atoms with E-state index in [2.05, 4.69) is 0 Å². The molecule has 5 heteroatoms. The van der Waals surface area contributed by atoms with Crippen LogP contribution in [0.2, 0.25) is 5.02 Å². The number of benzene rings is 1. The largest absolute Gasteiger partial charge is 0.494 e. The Hall–Kier alpha value is -0.740. The lowest BCUT2D eigenvalue weighted by atomic mass is 10.2. The zero-order chi connectivity index (χ0) is 10.9. The second-order valence-corrected chi connectivity index (χ2v) is 5.36. The standard InChI is InChI=1S/C9H11ClO3S/c1-6-4-5-7(14(3,11)12)9(13-2)8(6)10/h4-5H,1-3H3. The van der Waals surface area contributed by atoms with E-state index < -0.39 is 9.84 Å². The van der Waals surface area contributed by atoms with Gasteiger partial charge >= 0.3 is 0 Å². The van der Waals surface area contributed by atoms with Gasteiger partial charge in [-0.15, -0.1) is 0 Å². The van der Waals surface area contributed by atoms with Gasteiger partial charge in [0.25, 0.3) is 0 Å². The molecule has 0 saturated carbocycles. The smallest absolute Gasteiger partial charge is 0.179 e. The van der Waals surface area contributed by atoms with Gasteiger partial charge in [0.15, 0.2) is 15.6 Å². The lowest BCUT2D eigenvalue weighted by Crippen LogP contribution is -2.01. The molecule has 0 aromatic heterocycles. The molecular weight excluding hydrogens is 224 g/mol. The molecule has 0 N–H and O–H groups in total. The summed E-state index contributed by atoms with van der Waals surface area (Å²) in [6.07, 6.45) is 1.12. The van der Waals surface area contributed by atoms with Crippen LogP contribution in [0.5, 0.6) is 5.75 Å². The van der Waals surface area contributed by atoms with Crippen molar-refractivity contribution >= 4 is 21.4 Å². The molecule has 3 nitrogen and oxygen atoms in total. The summed E-state index contributed by atoms with van der Waals surface area (Å²) < 4.78 is 27.6. The van der Waals surface area contributed by atoms with E-state index in [0.29, 0.717) is 5.02 Å². The molecule has 0 heterocycles. The van der Waals surface area contributed by atoms with E-state index in [1.165, 1.54) is 13.2 Å². The van der Waals surface area contributed by atoms with Gasteiger partial charge in [0.05, 0.1) is 12.1 Å². The van der Waals surface area contributed by atoms with Gasteiger partial charge in [-0.25, -0.2) is 8.42 Å². The van der Waals surface area contributed by atoms with Crippen LogP contribution in [0.4, 0.5) is 0 Å². The van der Waals surface area contributed by atoms with Gasteiger partial charge < -0.3 is 4.74 Å². The van der Waals surface area contributed by atoms with Crippen molar-refractivity contribution in [2.24, 2.45) is 0 Å². The molecule has 0 amide bonds. The summed E-state index contributed by atoms with van der Waals surface area (Å²) >= 11 is 5.92. The van der Waals surface area contributed by atoms with Crippen molar-refractivity contribution in [1.29, 1.82) is 0 Å². The van der Waals surface area contributed by atoms with E-state index in [-0.39, 0.29) is 10.6 Å².